The SMILES string of the molecule is O=C(O)c1ccc2oc3c(c(=O)c2c1)CCC3=Cc1ccccc1F. The predicted octanol–water partition coefficient (Wildman–Crippen LogP) is 4.12. The van der Waals surface area contributed by atoms with Gasteiger partial charge in [-0.2, -0.15) is 0 Å². The minimum Gasteiger partial charge on any atom is -0.478 e. The van der Waals surface area contributed by atoms with Crippen LogP contribution in [0.25, 0.3) is 22.6 Å². The molecule has 5 heteroatoms. The standard InChI is InChI=1S/C20H13FO4/c21-16-4-2-1-3-11(16)9-12-5-7-14-18(22)15-10-13(20(23)24)6-8-17(15)25-19(12)14/h1-4,6,8-10H,5,7H2,(H,23,24). The molecule has 124 valence electrons. The average Bonchev–Trinajstić information content (AvgIpc) is 3.00. The van der Waals surface area contributed by atoms with Crippen LogP contribution in [-0.4, -0.2) is 11.1 Å². The fourth-order valence-electron chi connectivity index (χ4n) is 3.14. The molecule has 0 saturated carbocycles. The van der Waals surface area contributed by atoms with E-state index >= 15 is 0 Å². The van der Waals surface area contributed by atoms with Crippen LogP contribution in [0.4, 0.5) is 4.39 Å². The summed E-state index contributed by atoms with van der Waals surface area (Å²) in [5.74, 6) is -0.969. The van der Waals surface area contributed by atoms with Crippen molar-refractivity contribution in [2.75, 3.05) is 0 Å². The number of carboxylic acids is 1. The summed E-state index contributed by atoms with van der Waals surface area (Å²) in [4.78, 5) is 23.8. The quantitative estimate of drug-likeness (QED) is 0.764. The number of carboxylic acid groups (broad SMARTS) is 1. The van der Waals surface area contributed by atoms with E-state index in [1.165, 1.54) is 24.3 Å². The molecule has 0 radical (unpaired) electrons. The minimum absolute atomic E-state index is 0.0415. The number of fused-ring (bicyclic) bond motifs is 2. The van der Waals surface area contributed by atoms with Gasteiger partial charge in [0.05, 0.1) is 10.9 Å². The van der Waals surface area contributed by atoms with Crippen molar-refractivity contribution in [3.05, 3.63) is 81.0 Å². The summed E-state index contributed by atoms with van der Waals surface area (Å²) in [5.41, 5.74) is 1.86. The van der Waals surface area contributed by atoms with Crippen LogP contribution >= 0.6 is 0 Å². The van der Waals surface area contributed by atoms with E-state index in [0.29, 0.717) is 35.3 Å². The molecule has 1 aromatic heterocycles. The van der Waals surface area contributed by atoms with Crippen molar-refractivity contribution in [1.82, 2.24) is 0 Å². The van der Waals surface area contributed by atoms with Gasteiger partial charge in [0.25, 0.3) is 0 Å². The highest BCUT2D eigenvalue weighted by Crippen LogP contribution is 2.34. The first kappa shape index (κ1) is 15.3. The van der Waals surface area contributed by atoms with Gasteiger partial charge >= 0.3 is 5.97 Å². The fourth-order valence-corrected chi connectivity index (χ4v) is 3.14. The van der Waals surface area contributed by atoms with Gasteiger partial charge in [-0.05, 0) is 48.8 Å². The van der Waals surface area contributed by atoms with Gasteiger partial charge in [-0.15, -0.1) is 0 Å². The Balaban J connectivity index is 1.90. The highest BCUT2D eigenvalue weighted by Gasteiger charge is 2.24. The number of rotatable bonds is 2. The summed E-state index contributed by atoms with van der Waals surface area (Å²) in [6.07, 6.45) is 2.76. The summed E-state index contributed by atoms with van der Waals surface area (Å²) in [6, 6.07) is 10.6. The first-order valence-corrected chi connectivity index (χ1v) is 7.83. The van der Waals surface area contributed by atoms with Gasteiger partial charge < -0.3 is 9.52 Å². The Kier molecular flexibility index (Phi) is 3.50. The lowest BCUT2D eigenvalue weighted by atomic mass is 10.1. The van der Waals surface area contributed by atoms with Gasteiger partial charge in [0.1, 0.15) is 17.2 Å². The second kappa shape index (κ2) is 5.70. The van der Waals surface area contributed by atoms with Crippen molar-refractivity contribution in [2.45, 2.75) is 12.8 Å². The number of halogens is 1. The van der Waals surface area contributed by atoms with E-state index in [0.717, 1.165) is 5.57 Å². The molecule has 0 saturated heterocycles. The van der Waals surface area contributed by atoms with Crippen molar-refractivity contribution in [2.24, 2.45) is 0 Å². The summed E-state index contributed by atoms with van der Waals surface area (Å²) < 4.78 is 19.7. The largest absolute Gasteiger partial charge is 0.478 e. The van der Waals surface area contributed by atoms with E-state index in [-0.39, 0.29) is 22.2 Å². The van der Waals surface area contributed by atoms with Crippen molar-refractivity contribution in [3.8, 4) is 0 Å². The van der Waals surface area contributed by atoms with Gasteiger partial charge in [-0.1, -0.05) is 18.2 Å². The van der Waals surface area contributed by atoms with Crippen LogP contribution in [0.5, 0.6) is 0 Å². The molecule has 4 rings (SSSR count). The van der Waals surface area contributed by atoms with Gasteiger partial charge in [0, 0.05) is 11.1 Å². The summed E-state index contributed by atoms with van der Waals surface area (Å²) in [5, 5.41) is 9.34. The molecule has 0 atom stereocenters. The highest BCUT2D eigenvalue weighted by atomic mass is 19.1. The number of benzene rings is 2. The summed E-state index contributed by atoms with van der Waals surface area (Å²) >= 11 is 0. The number of aromatic carboxylic acids is 1. The van der Waals surface area contributed by atoms with Crippen molar-refractivity contribution >= 4 is 28.6 Å². The lowest BCUT2D eigenvalue weighted by Gasteiger charge is -2.05. The van der Waals surface area contributed by atoms with Crippen LogP contribution in [0.3, 0.4) is 0 Å². The highest BCUT2D eigenvalue weighted by molar-refractivity contribution is 5.94. The smallest absolute Gasteiger partial charge is 0.335 e. The molecule has 2 aromatic carbocycles. The topological polar surface area (TPSA) is 67.5 Å². The molecular weight excluding hydrogens is 323 g/mol. The van der Waals surface area contributed by atoms with Crippen LogP contribution < -0.4 is 5.43 Å². The van der Waals surface area contributed by atoms with Crippen LogP contribution in [0.15, 0.2) is 51.7 Å². The molecule has 0 spiro atoms. The van der Waals surface area contributed by atoms with Crippen LogP contribution in [0, 0.1) is 5.82 Å². The third-order valence-corrected chi connectivity index (χ3v) is 4.40. The van der Waals surface area contributed by atoms with Crippen LogP contribution in [0.2, 0.25) is 0 Å². The molecule has 4 nitrogen and oxygen atoms in total. The predicted molar refractivity (Wildman–Crippen MR) is 92.0 cm³/mol. The van der Waals surface area contributed by atoms with Gasteiger partial charge in [0.2, 0.25) is 0 Å². The Morgan fingerprint density at radius 1 is 1.16 bits per heavy atom. The maximum Gasteiger partial charge on any atom is 0.335 e. The summed E-state index contributed by atoms with van der Waals surface area (Å²) in [7, 11) is 0. The molecule has 0 fully saturated rings. The number of hydrogen-bond donors (Lipinski definition) is 1. The zero-order chi connectivity index (χ0) is 17.6. The zero-order valence-corrected chi connectivity index (χ0v) is 13.1. The van der Waals surface area contributed by atoms with Gasteiger partial charge in [-0.3, -0.25) is 4.79 Å². The van der Waals surface area contributed by atoms with Gasteiger partial charge in [-0.25, -0.2) is 9.18 Å². The second-order valence-electron chi connectivity index (χ2n) is 5.95. The Hall–Kier alpha value is -3.21. The molecule has 0 amide bonds. The van der Waals surface area contributed by atoms with Crippen molar-refractivity contribution in [1.29, 1.82) is 0 Å². The Bertz CT molecular complexity index is 1110. The Morgan fingerprint density at radius 3 is 2.72 bits per heavy atom. The maximum atomic E-state index is 13.9. The van der Waals surface area contributed by atoms with E-state index in [1.807, 2.05) is 0 Å². The number of hydrogen-bond acceptors (Lipinski definition) is 3. The van der Waals surface area contributed by atoms with E-state index in [9.17, 15) is 14.0 Å². The van der Waals surface area contributed by atoms with Crippen LogP contribution in [-0.2, 0) is 6.42 Å². The third-order valence-electron chi connectivity index (χ3n) is 4.40. The lowest BCUT2D eigenvalue weighted by molar-refractivity contribution is 0.0697. The normalized spacial score (nSPS) is 14.8. The zero-order valence-electron chi connectivity index (χ0n) is 13.1. The molecule has 3 aromatic rings. The fraction of sp³-hybridized carbons (Fsp3) is 0.100. The van der Waals surface area contributed by atoms with Crippen molar-refractivity contribution in [3.63, 3.8) is 0 Å². The molecular formula is C20H13FO4. The Morgan fingerprint density at radius 2 is 1.96 bits per heavy atom. The molecule has 25 heavy (non-hydrogen) atoms. The number of allylic oxidation sites excluding steroid dienone is 1. The maximum absolute atomic E-state index is 13.9. The average molecular weight is 336 g/mol. The molecule has 0 unspecified atom stereocenters. The molecule has 0 aliphatic heterocycles. The monoisotopic (exact) mass is 336 g/mol. The summed E-state index contributed by atoms with van der Waals surface area (Å²) in [6.45, 7) is 0. The Labute approximate surface area is 141 Å². The van der Waals surface area contributed by atoms with Gasteiger partial charge in [0.15, 0.2) is 5.43 Å². The second-order valence-corrected chi connectivity index (χ2v) is 5.95. The first-order chi connectivity index (χ1) is 12.0. The number of carbonyl (C=O) groups is 1. The van der Waals surface area contributed by atoms with Crippen molar-refractivity contribution < 1.29 is 18.7 Å². The van der Waals surface area contributed by atoms with E-state index in [2.05, 4.69) is 0 Å². The molecule has 1 heterocycles. The molecule has 1 aliphatic carbocycles. The first-order valence-electron chi connectivity index (χ1n) is 7.83. The minimum atomic E-state index is -1.10. The molecule has 1 aliphatic rings. The van der Waals surface area contributed by atoms with E-state index in [1.54, 1.807) is 24.3 Å². The third kappa shape index (κ3) is 2.54. The lowest BCUT2D eigenvalue weighted by Crippen LogP contribution is -2.09. The van der Waals surface area contributed by atoms with Crippen LogP contribution in [0.1, 0.15) is 33.7 Å². The van der Waals surface area contributed by atoms with E-state index < -0.39 is 5.97 Å². The molecule has 0 bridgehead atoms. The molecule has 1 N–H and O–H groups in total. The van der Waals surface area contributed by atoms with E-state index in [4.69, 9.17) is 9.52 Å².